The van der Waals surface area contributed by atoms with E-state index in [1.54, 1.807) is 0 Å². The maximum atomic E-state index is 5.14. The van der Waals surface area contributed by atoms with Crippen LogP contribution in [0.3, 0.4) is 0 Å². The zero-order chi connectivity index (χ0) is 12.0. The van der Waals surface area contributed by atoms with E-state index in [2.05, 4.69) is 46.8 Å². The van der Waals surface area contributed by atoms with E-state index in [4.69, 9.17) is 9.78 Å². The summed E-state index contributed by atoms with van der Waals surface area (Å²) in [5.74, 6) is 0. The number of aryl methyl sites for hydroxylation is 2. The Hall–Kier alpha value is -0.580. The van der Waals surface area contributed by atoms with Crippen molar-refractivity contribution >= 4 is 21.6 Å². The van der Waals surface area contributed by atoms with Gasteiger partial charge in [0.15, 0.2) is 6.73 Å². The van der Waals surface area contributed by atoms with E-state index < -0.39 is 0 Å². The molecule has 3 nitrogen and oxygen atoms in total. The average Bonchev–Trinajstić information content (AvgIpc) is 3.06. The highest BCUT2D eigenvalue weighted by atomic mass is 79.9. The molecule has 0 unspecified atom stereocenters. The number of hydrogen-bond donors (Lipinski definition) is 0. The predicted molar refractivity (Wildman–Crippen MR) is 70.0 cm³/mol. The van der Waals surface area contributed by atoms with E-state index in [0.29, 0.717) is 13.3 Å². The Kier molecular flexibility index (Phi) is 2.69. The van der Waals surface area contributed by atoms with Gasteiger partial charge in [-0.25, -0.2) is 9.78 Å². The first-order chi connectivity index (χ1) is 8.12. The summed E-state index contributed by atoms with van der Waals surface area (Å²) in [5, 5.41) is 0. The highest BCUT2D eigenvalue weighted by Crippen LogP contribution is 2.46. The molecule has 17 heavy (non-hydrogen) atoms. The summed E-state index contributed by atoms with van der Waals surface area (Å²) < 4.78 is 1.19. The Morgan fingerprint density at radius 3 is 2.41 bits per heavy atom. The molecule has 0 amide bonds. The maximum absolute atomic E-state index is 5.14. The van der Waals surface area contributed by atoms with Gasteiger partial charge in [-0.2, -0.15) is 0 Å². The molecule has 1 saturated carbocycles. The van der Waals surface area contributed by atoms with Crippen LogP contribution in [-0.2, 0) is 9.78 Å². The lowest BCUT2D eigenvalue weighted by atomic mass is 10.1. The Morgan fingerprint density at radius 2 is 1.82 bits per heavy atom. The molecule has 1 aromatic carbocycles. The summed E-state index contributed by atoms with van der Waals surface area (Å²) in [4.78, 5) is 12.6. The first-order valence-electron chi connectivity index (χ1n) is 5.91. The number of halogens is 1. The second-order valence-electron chi connectivity index (χ2n) is 5.06. The fraction of sp³-hybridized carbons (Fsp3) is 0.538. The van der Waals surface area contributed by atoms with E-state index in [-0.39, 0.29) is 5.54 Å². The second-order valence-corrected chi connectivity index (χ2v) is 5.85. The summed E-state index contributed by atoms with van der Waals surface area (Å²) in [6.45, 7) is 5.46. The fourth-order valence-electron chi connectivity index (χ4n) is 2.44. The lowest BCUT2D eigenvalue weighted by molar-refractivity contribution is -0.317. The molecular weight excluding hydrogens is 282 g/mol. The number of hydrogen-bond acceptors (Lipinski definition) is 3. The van der Waals surface area contributed by atoms with E-state index in [1.165, 1.54) is 34.1 Å². The molecule has 0 radical (unpaired) electrons. The lowest BCUT2D eigenvalue weighted by Crippen LogP contribution is -2.46. The number of benzene rings is 1. The predicted octanol–water partition coefficient (Wildman–Crippen LogP) is 3.32. The molecule has 92 valence electrons. The van der Waals surface area contributed by atoms with E-state index in [9.17, 15) is 0 Å². The SMILES string of the molecule is Cc1cc(N2COOCC23CC3)cc(C)c1Br. The van der Waals surface area contributed by atoms with Gasteiger partial charge in [-0.15, -0.1) is 0 Å². The van der Waals surface area contributed by atoms with Gasteiger partial charge >= 0.3 is 0 Å². The standard InChI is InChI=1S/C13H16BrNO2/c1-9-5-11(6-10(2)12(9)14)15-8-17-16-7-13(15)3-4-13/h5-6H,3-4,7-8H2,1-2H3. The minimum atomic E-state index is 0.199. The molecule has 1 saturated heterocycles. The summed E-state index contributed by atoms with van der Waals surface area (Å²) in [5.41, 5.74) is 3.97. The molecule has 4 heteroatoms. The van der Waals surface area contributed by atoms with Crippen LogP contribution in [0, 0.1) is 13.8 Å². The van der Waals surface area contributed by atoms with Crippen LogP contribution in [-0.4, -0.2) is 18.9 Å². The van der Waals surface area contributed by atoms with Crippen LogP contribution >= 0.6 is 15.9 Å². The van der Waals surface area contributed by atoms with Crippen molar-refractivity contribution in [3.05, 3.63) is 27.7 Å². The van der Waals surface area contributed by atoms with Gasteiger partial charge in [0.25, 0.3) is 0 Å². The Balaban J connectivity index is 1.98. The normalized spacial score (nSPS) is 21.9. The molecule has 2 fully saturated rings. The molecule has 1 aromatic rings. The first-order valence-corrected chi connectivity index (χ1v) is 6.70. The minimum Gasteiger partial charge on any atom is -0.338 e. The lowest BCUT2D eigenvalue weighted by Gasteiger charge is -2.37. The van der Waals surface area contributed by atoms with Crippen molar-refractivity contribution in [3.8, 4) is 0 Å². The van der Waals surface area contributed by atoms with Crippen LogP contribution < -0.4 is 4.90 Å². The zero-order valence-corrected chi connectivity index (χ0v) is 11.7. The maximum Gasteiger partial charge on any atom is 0.154 e. The van der Waals surface area contributed by atoms with Gasteiger partial charge in [-0.1, -0.05) is 15.9 Å². The molecule has 0 atom stereocenters. The van der Waals surface area contributed by atoms with Gasteiger partial charge in [0.1, 0.15) is 6.61 Å². The largest absolute Gasteiger partial charge is 0.338 e. The van der Waals surface area contributed by atoms with Crippen molar-refractivity contribution < 1.29 is 9.78 Å². The van der Waals surface area contributed by atoms with Crippen LogP contribution in [0.5, 0.6) is 0 Å². The molecule has 1 aliphatic carbocycles. The van der Waals surface area contributed by atoms with Crippen LogP contribution in [0.25, 0.3) is 0 Å². The third-order valence-electron chi connectivity index (χ3n) is 3.73. The zero-order valence-electron chi connectivity index (χ0n) is 10.1. The monoisotopic (exact) mass is 297 g/mol. The van der Waals surface area contributed by atoms with Crippen molar-refractivity contribution in [2.75, 3.05) is 18.2 Å². The Labute approximate surface area is 110 Å². The third kappa shape index (κ3) is 1.88. The van der Waals surface area contributed by atoms with Gasteiger partial charge < -0.3 is 4.90 Å². The van der Waals surface area contributed by atoms with Crippen LogP contribution in [0.1, 0.15) is 24.0 Å². The van der Waals surface area contributed by atoms with Crippen molar-refractivity contribution in [3.63, 3.8) is 0 Å². The summed E-state index contributed by atoms with van der Waals surface area (Å²) >= 11 is 3.61. The van der Waals surface area contributed by atoms with E-state index >= 15 is 0 Å². The Morgan fingerprint density at radius 1 is 1.18 bits per heavy atom. The van der Waals surface area contributed by atoms with Crippen molar-refractivity contribution in [1.82, 2.24) is 0 Å². The van der Waals surface area contributed by atoms with Crippen LogP contribution in [0.15, 0.2) is 16.6 Å². The first kappa shape index (κ1) is 11.5. The highest BCUT2D eigenvalue weighted by molar-refractivity contribution is 9.10. The van der Waals surface area contributed by atoms with Crippen LogP contribution in [0.4, 0.5) is 5.69 Å². The van der Waals surface area contributed by atoms with Gasteiger partial charge in [-0.05, 0) is 49.9 Å². The molecule has 1 spiro atoms. The topological polar surface area (TPSA) is 21.7 Å². The molecule has 0 bridgehead atoms. The van der Waals surface area contributed by atoms with Crippen molar-refractivity contribution in [1.29, 1.82) is 0 Å². The number of rotatable bonds is 1. The third-order valence-corrected chi connectivity index (χ3v) is 4.98. The van der Waals surface area contributed by atoms with Gasteiger partial charge in [-0.3, -0.25) is 0 Å². The molecule has 0 N–H and O–H groups in total. The molecule has 2 aliphatic rings. The molecule has 1 heterocycles. The Bertz CT molecular complexity index is 434. The van der Waals surface area contributed by atoms with E-state index in [0.717, 1.165) is 0 Å². The van der Waals surface area contributed by atoms with Crippen LogP contribution in [0.2, 0.25) is 0 Å². The van der Waals surface area contributed by atoms with Gasteiger partial charge in [0.2, 0.25) is 0 Å². The highest BCUT2D eigenvalue weighted by Gasteiger charge is 2.51. The fourth-order valence-corrected chi connectivity index (χ4v) is 2.67. The second kappa shape index (κ2) is 3.97. The number of nitrogens with zero attached hydrogens (tertiary/aromatic N) is 1. The van der Waals surface area contributed by atoms with Crippen molar-refractivity contribution in [2.24, 2.45) is 0 Å². The summed E-state index contributed by atoms with van der Waals surface area (Å²) in [6, 6.07) is 4.43. The summed E-state index contributed by atoms with van der Waals surface area (Å²) in [6.07, 6.45) is 2.40. The summed E-state index contributed by atoms with van der Waals surface area (Å²) in [7, 11) is 0. The van der Waals surface area contributed by atoms with Gasteiger partial charge in [0, 0.05) is 10.2 Å². The molecule has 3 rings (SSSR count). The number of anilines is 1. The average molecular weight is 298 g/mol. The van der Waals surface area contributed by atoms with Crippen molar-refractivity contribution in [2.45, 2.75) is 32.2 Å². The smallest absolute Gasteiger partial charge is 0.154 e. The quantitative estimate of drug-likeness (QED) is 0.742. The minimum absolute atomic E-state index is 0.199. The molecule has 0 aromatic heterocycles. The van der Waals surface area contributed by atoms with Gasteiger partial charge in [0.05, 0.1) is 5.54 Å². The van der Waals surface area contributed by atoms with E-state index in [1.807, 2.05) is 0 Å². The molecular formula is C13H16BrNO2. The molecule has 1 aliphatic heterocycles.